The minimum Gasteiger partial charge on any atom is -0.357 e. The summed E-state index contributed by atoms with van der Waals surface area (Å²) in [7, 11) is 2.00. The van der Waals surface area contributed by atoms with E-state index in [0.29, 0.717) is 36.9 Å². The highest BCUT2D eigenvalue weighted by molar-refractivity contribution is 7.09. The number of aliphatic imine (C=N–C) groups is 1. The first-order valence-electron chi connectivity index (χ1n) is 8.80. The van der Waals surface area contributed by atoms with Gasteiger partial charge in [-0.3, -0.25) is 9.98 Å². The molecule has 0 saturated carbocycles. The van der Waals surface area contributed by atoms with Crippen LogP contribution in [0.4, 0.5) is 0 Å². The van der Waals surface area contributed by atoms with E-state index in [1.807, 2.05) is 32.2 Å². The van der Waals surface area contributed by atoms with Gasteiger partial charge in [0.15, 0.2) is 11.8 Å². The Morgan fingerprint density at radius 1 is 1.33 bits per heavy atom. The van der Waals surface area contributed by atoms with Gasteiger partial charge in [-0.15, -0.1) is 11.3 Å². The molecule has 9 heteroatoms. The molecule has 1 N–H and O–H groups in total. The van der Waals surface area contributed by atoms with E-state index in [9.17, 15) is 0 Å². The van der Waals surface area contributed by atoms with Gasteiger partial charge in [-0.1, -0.05) is 11.2 Å². The lowest BCUT2D eigenvalue weighted by Gasteiger charge is -2.21. The maximum Gasteiger partial charge on any atom is 0.276 e. The van der Waals surface area contributed by atoms with E-state index in [-0.39, 0.29) is 0 Å². The molecular weight excluding hydrogens is 362 g/mol. The maximum atomic E-state index is 5.28. The predicted molar refractivity (Wildman–Crippen MR) is 106 cm³/mol. The van der Waals surface area contributed by atoms with Gasteiger partial charge in [-0.05, 0) is 26.0 Å². The lowest BCUT2D eigenvalue weighted by atomic mass is 10.3. The molecule has 0 atom stereocenters. The largest absolute Gasteiger partial charge is 0.357 e. The van der Waals surface area contributed by atoms with Crippen molar-refractivity contribution in [3.05, 3.63) is 46.3 Å². The van der Waals surface area contributed by atoms with Crippen molar-refractivity contribution in [2.45, 2.75) is 26.8 Å². The van der Waals surface area contributed by atoms with Gasteiger partial charge in [0.1, 0.15) is 5.69 Å². The zero-order valence-electron chi connectivity index (χ0n) is 15.7. The summed E-state index contributed by atoms with van der Waals surface area (Å²) in [6, 6.07) is 5.58. The highest BCUT2D eigenvalue weighted by Crippen LogP contribution is 2.13. The molecule has 3 aromatic rings. The van der Waals surface area contributed by atoms with Crippen molar-refractivity contribution >= 4 is 17.3 Å². The molecule has 3 aromatic heterocycles. The number of hydrogen-bond donors (Lipinski definition) is 1. The molecular formula is C18H23N7OS. The molecule has 3 rings (SSSR count). The SMILES string of the molecule is CCNC(=NCCc1noc(-c2ccccn2)n1)N(C)Cc1csc(C)n1. The molecule has 0 bridgehead atoms. The predicted octanol–water partition coefficient (Wildman–Crippen LogP) is 2.54. The second kappa shape index (κ2) is 9.22. The summed E-state index contributed by atoms with van der Waals surface area (Å²) < 4.78 is 5.28. The Labute approximate surface area is 162 Å². The van der Waals surface area contributed by atoms with Crippen molar-refractivity contribution in [2.75, 3.05) is 20.1 Å². The summed E-state index contributed by atoms with van der Waals surface area (Å²) in [5, 5.41) is 10.5. The van der Waals surface area contributed by atoms with Gasteiger partial charge in [-0.2, -0.15) is 4.98 Å². The Morgan fingerprint density at radius 3 is 2.93 bits per heavy atom. The lowest BCUT2D eigenvalue weighted by Crippen LogP contribution is -2.38. The van der Waals surface area contributed by atoms with Gasteiger partial charge in [0.25, 0.3) is 5.89 Å². The zero-order chi connectivity index (χ0) is 19.1. The molecule has 0 fully saturated rings. The van der Waals surface area contributed by atoms with Crippen LogP contribution in [0, 0.1) is 6.92 Å². The number of hydrogen-bond acceptors (Lipinski definition) is 7. The summed E-state index contributed by atoms with van der Waals surface area (Å²) in [6.07, 6.45) is 2.29. The minimum absolute atomic E-state index is 0.428. The molecule has 0 saturated heterocycles. The second-order valence-electron chi connectivity index (χ2n) is 5.93. The molecule has 3 heterocycles. The van der Waals surface area contributed by atoms with Gasteiger partial charge in [0.2, 0.25) is 0 Å². The van der Waals surface area contributed by atoms with E-state index >= 15 is 0 Å². The molecule has 142 valence electrons. The van der Waals surface area contributed by atoms with E-state index in [1.54, 1.807) is 17.5 Å². The van der Waals surface area contributed by atoms with Crippen molar-refractivity contribution in [1.82, 2.24) is 30.3 Å². The number of thiazole rings is 1. The van der Waals surface area contributed by atoms with Gasteiger partial charge >= 0.3 is 0 Å². The molecule has 0 spiro atoms. The van der Waals surface area contributed by atoms with E-state index in [2.05, 4.69) is 47.6 Å². The summed E-state index contributed by atoms with van der Waals surface area (Å²) in [5.74, 6) is 1.88. The Morgan fingerprint density at radius 2 is 2.22 bits per heavy atom. The minimum atomic E-state index is 0.428. The fraction of sp³-hybridized carbons (Fsp3) is 0.389. The lowest BCUT2D eigenvalue weighted by molar-refractivity contribution is 0.421. The molecule has 0 aliphatic rings. The van der Waals surface area contributed by atoms with Crippen molar-refractivity contribution in [2.24, 2.45) is 4.99 Å². The number of aromatic nitrogens is 4. The van der Waals surface area contributed by atoms with Crippen LogP contribution in [0.2, 0.25) is 0 Å². The van der Waals surface area contributed by atoms with Crippen LogP contribution in [0.5, 0.6) is 0 Å². The highest BCUT2D eigenvalue weighted by atomic mass is 32.1. The summed E-state index contributed by atoms with van der Waals surface area (Å²) in [4.78, 5) is 19.8. The molecule has 8 nitrogen and oxygen atoms in total. The van der Waals surface area contributed by atoms with Crippen molar-refractivity contribution < 1.29 is 4.52 Å². The number of guanidine groups is 1. The Bertz CT molecular complexity index is 875. The first-order valence-corrected chi connectivity index (χ1v) is 9.68. The van der Waals surface area contributed by atoms with E-state index < -0.39 is 0 Å². The highest BCUT2D eigenvalue weighted by Gasteiger charge is 2.11. The van der Waals surface area contributed by atoms with Crippen LogP contribution in [-0.2, 0) is 13.0 Å². The van der Waals surface area contributed by atoms with Crippen LogP contribution in [0.25, 0.3) is 11.6 Å². The Hall–Kier alpha value is -2.81. The second-order valence-corrected chi connectivity index (χ2v) is 6.99. The normalized spacial score (nSPS) is 11.6. The number of pyridine rings is 1. The molecule has 0 radical (unpaired) electrons. The van der Waals surface area contributed by atoms with Crippen LogP contribution in [-0.4, -0.2) is 51.1 Å². The first-order chi connectivity index (χ1) is 13.2. The third kappa shape index (κ3) is 5.33. The van der Waals surface area contributed by atoms with Gasteiger partial charge in [0.05, 0.1) is 17.2 Å². The van der Waals surface area contributed by atoms with Gasteiger partial charge < -0.3 is 14.7 Å². The average Bonchev–Trinajstić information content (AvgIpc) is 3.31. The standard InChI is InChI=1S/C18H23N7OS/c1-4-19-18(25(3)11-14-12-27-13(2)22-14)21-10-8-16-23-17(26-24-16)15-7-5-6-9-20-15/h5-7,9,12H,4,8,10-11H2,1-3H3,(H,19,21). The Balaban J connectivity index is 1.59. The quantitative estimate of drug-likeness (QED) is 0.493. The van der Waals surface area contributed by atoms with Crippen LogP contribution in [0.15, 0.2) is 39.3 Å². The van der Waals surface area contributed by atoms with Gasteiger partial charge in [0, 0.05) is 38.1 Å². The fourth-order valence-electron chi connectivity index (χ4n) is 2.48. The van der Waals surface area contributed by atoms with Crippen molar-refractivity contribution in [3.8, 4) is 11.6 Å². The van der Waals surface area contributed by atoms with Crippen LogP contribution < -0.4 is 5.32 Å². The maximum absolute atomic E-state index is 5.28. The average molecular weight is 385 g/mol. The molecule has 0 aliphatic heterocycles. The number of aryl methyl sites for hydroxylation is 1. The third-order valence-electron chi connectivity index (χ3n) is 3.71. The van der Waals surface area contributed by atoms with E-state index in [0.717, 1.165) is 23.2 Å². The molecule has 0 unspecified atom stereocenters. The summed E-state index contributed by atoms with van der Waals surface area (Å²) >= 11 is 1.66. The van der Waals surface area contributed by atoms with E-state index in [4.69, 9.17) is 4.52 Å². The van der Waals surface area contributed by atoms with Crippen molar-refractivity contribution in [1.29, 1.82) is 0 Å². The molecule has 0 aromatic carbocycles. The summed E-state index contributed by atoms with van der Waals surface area (Å²) in [5.41, 5.74) is 1.72. The summed E-state index contributed by atoms with van der Waals surface area (Å²) in [6.45, 7) is 6.13. The number of nitrogens with zero attached hydrogens (tertiary/aromatic N) is 6. The Kier molecular flexibility index (Phi) is 6.48. The number of nitrogens with one attached hydrogen (secondary N) is 1. The molecule has 0 aliphatic carbocycles. The van der Waals surface area contributed by atoms with Crippen LogP contribution in [0.1, 0.15) is 23.4 Å². The monoisotopic (exact) mass is 385 g/mol. The number of rotatable bonds is 7. The van der Waals surface area contributed by atoms with Crippen molar-refractivity contribution in [3.63, 3.8) is 0 Å². The zero-order valence-corrected chi connectivity index (χ0v) is 16.5. The first kappa shape index (κ1) is 19.0. The smallest absolute Gasteiger partial charge is 0.276 e. The molecule has 27 heavy (non-hydrogen) atoms. The van der Waals surface area contributed by atoms with Gasteiger partial charge in [-0.25, -0.2) is 4.98 Å². The topological polar surface area (TPSA) is 92.3 Å². The fourth-order valence-corrected chi connectivity index (χ4v) is 3.08. The van der Waals surface area contributed by atoms with Crippen LogP contribution in [0.3, 0.4) is 0 Å². The third-order valence-corrected chi connectivity index (χ3v) is 4.53. The van der Waals surface area contributed by atoms with Crippen LogP contribution >= 0.6 is 11.3 Å². The van der Waals surface area contributed by atoms with E-state index in [1.165, 1.54) is 0 Å². The molecule has 0 amide bonds.